The third-order valence-electron chi connectivity index (χ3n) is 7.60. The van der Waals surface area contributed by atoms with Crippen molar-refractivity contribution in [3.05, 3.63) is 72.1 Å². The molecular formula is C28H29N7O4. The van der Waals surface area contributed by atoms with Crippen molar-refractivity contribution >= 4 is 17.9 Å². The van der Waals surface area contributed by atoms with E-state index in [1.165, 1.54) is 0 Å². The molecule has 200 valence electrons. The van der Waals surface area contributed by atoms with Crippen molar-refractivity contribution in [2.75, 3.05) is 24.5 Å². The monoisotopic (exact) mass is 527 g/mol. The second-order valence-electron chi connectivity index (χ2n) is 11.3. The fraction of sp³-hybridized carbons (Fsp3) is 0.429. The molecule has 3 fully saturated rings. The zero-order chi connectivity index (χ0) is 27.4. The molecule has 1 aromatic carbocycles. The molecule has 6 rings (SSSR count). The molecule has 1 aliphatic carbocycles. The van der Waals surface area contributed by atoms with Gasteiger partial charge in [-0.25, -0.2) is 20.8 Å². The normalized spacial score (nSPS) is 25.7. The van der Waals surface area contributed by atoms with E-state index in [1.54, 1.807) is 33.1 Å². The Morgan fingerprint density at radius 3 is 2.44 bits per heavy atom. The maximum Gasteiger partial charge on any atom is 0.414 e. The summed E-state index contributed by atoms with van der Waals surface area (Å²) >= 11 is 0. The van der Waals surface area contributed by atoms with Gasteiger partial charge in [0.25, 0.3) is 5.54 Å². The number of ether oxygens (including phenoxy) is 2. The Hall–Kier alpha value is -4.46. The van der Waals surface area contributed by atoms with E-state index in [2.05, 4.69) is 20.1 Å². The topological polar surface area (TPSA) is 107 Å². The number of carbonyl (C=O) groups excluding carboxylic acids is 2. The number of pyridine rings is 1. The van der Waals surface area contributed by atoms with E-state index >= 15 is 0 Å². The molecule has 2 amide bonds. The van der Waals surface area contributed by atoms with Gasteiger partial charge >= 0.3 is 12.2 Å². The Labute approximate surface area is 226 Å². The van der Waals surface area contributed by atoms with Crippen LogP contribution in [0.25, 0.3) is 16.0 Å². The van der Waals surface area contributed by atoms with Crippen LogP contribution in [0, 0.1) is 18.4 Å². The number of amides is 2. The molecule has 3 aromatic rings. The van der Waals surface area contributed by atoms with Crippen molar-refractivity contribution in [1.82, 2.24) is 24.9 Å². The molecule has 4 heterocycles. The first kappa shape index (κ1) is 24.9. The summed E-state index contributed by atoms with van der Waals surface area (Å²) in [4.78, 5) is 36.9. The van der Waals surface area contributed by atoms with E-state index in [9.17, 15) is 9.59 Å². The van der Waals surface area contributed by atoms with Crippen molar-refractivity contribution in [3.8, 4) is 11.1 Å². The van der Waals surface area contributed by atoms with Crippen LogP contribution in [0.2, 0.25) is 0 Å². The highest BCUT2D eigenvalue weighted by atomic mass is 16.6. The lowest BCUT2D eigenvalue weighted by Crippen LogP contribution is -2.38. The zero-order valence-electron chi connectivity index (χ0n) is 22.0. The highest BCUT2D eigenvalue weighted by Crippen LogP contribution is 2.64. The first-order valence-corrected chi connectivity index (χ1v) is 12.9. The van der Waals surface area contributed by atoms with E-state index < -0.39 is 11.1 Å². The van der Waals surface area contributed by atoms with Crippen LogP contribution in [0.4, 0.5) is 15.3 Å². The first-order valence-electron chi connectivity index (χ1n) is 12.9. The predicted octanol–water partition coefficient (Wildman–Crippen LogP) is 3.98. The van der Waals surface area contributed by atoms with E-state index in [0.29, 0.717) is 26.2 Å². The quantitative estimate of drug-likeness (QED) is 0.462. The number of aromatic nitrogens is 4. The molecule has 11 nitrogen and oxygen atoms in total. The standard InChI is InChI=1S/C28H29N7O4/c1-27(2,3)39-25(36)33-16-22-23(17-33)28(22,29-4)24-10-7-19(13-30-24)18-5-8-20(9-6-18)35-15-21(38-26(35)37)14-34-12-11-31-32-34/h5-13,21-23H,14-17H2,1-3H3/t21-,22-,23+,28?/m0/s1. The molecular weight excluding hydrogens is 498 g/mol. The number of piperidine rings is 1. The molecule has 1 unspecified atom stereocenters. The van der Waals surface area contributed by atoms with Gasteiger partial charge in [0.1, 0.15) is 17.4 Å². The molecule has 0 spiro atoms. The maximum atomic E-state index is 12.4. The van der Waals surface area contributed by atoms with Gasteiger partial charge in [0.05, 0.1) is 31.1 Å². The number of nitrogens with zero attached hydrogens (tertiary/aromatic N) is 7. The van der Waals surface area contributed by atoms with Crippen LogP contribution < -0.4 is 4.90 Å². The van der Waals surface area contributed by atoms with Crippen LogP contribution in [-0.2, 0) is 21.6 Å². The summed E-state index contributed by atoms with van der Waals surface area (Å²) in [6.45, 7) is 15.4. The van der Waals surface area contributed by atoms with Crippen LogP contribution in [-0.4, -0.2) is 68.4 Å². The number of likely N-dealkylation sites (tertiary alicyclic amines) is 1. The van der Waals surface area contributed by atoms with Crippen molar-refractivity contribution in [1.29, 1.82) is 0 Å². The molecule has 0 bridgehead atoms. The van der Waals surface area contributed by atoms with Gasteiger partial charge in [0.15, 0.2) is 0 Å². The van der Waals surface area contributed by atoms with Gasteiger partial charge in [0, 0.05) is 36.7 Å². The van der Waals surface area contributed by atoms with Gasteiger partial charge in [-0.05, 0) is 44.5 Å². The Morgan fingerprint density at radius 2 is 1.85 bits per heavy atom. The molecule has 39 heavy (non-hydrogen) atoms. The summed E-state index contributed by atoms with van der Waals surface area (Å²) in [6, 6.07) is 11.6. The summed E-state index contributed by atoms with van der Waals surface area (Å²) in [5, 5.41) is 7.71. The average molecular weight is 528 g/mol. The van der Waals surface area contributed by atoms with Crippen molar-refractivity contribution < 1.29 is 19.1 Å². The minimum absolute atomic E-state index is 0.0637. The second-order valence-corrected chi connectivity index (χ2v) is 11.3. The Bertz CT molecular complexity index is 1410. The van der Waals surface area contributed by atoms with E-state index in [0.717, 1.165) is 22.5 Å². The first-order chi connectivity index (χ1) is 18.7. The predicted molar refractivity (Wildman–Crippen MR) is 140 cm³/mol. The van der Waals surface area contributed by atoms with Crippen molar-refractivity contribution in [3.63, 3.8) is 0 Å². The molecule has 2 aromatic heterocycles. The molecule has 2 aliphatic heterocycles. The number of hydrogen-bond acceptors (Lipinski definition) is 7. The maximum absolute atomic E-state index is 12.4. The lowest BCUT2D eigenvalue weighted by atomic mass is 10.0. The third-order valence-corrected chi connectivity index (χ3v) is 7.60. The fourth-order valence-corrected chi connectivity index (χ4v) is 5.68. The molecule has 4 atom stereocenters. The number of cyclic esters (lactones) is 1. The van der Waals surface area contributed by atoms with Gasteiger partial charge in [-0.3, -0.25) is 9.88 Å². The number of fused-ring (bicyclic) bond motifs is 1. The summed E-state index contributed by atoms with van der Waals surface area (Å²) < 4.78 is 12.6. The highest BCUT2D eigenvalue weighted by molar-refractivity contribution is 5.90. The Morgan fingerprint density at radius 1 is 1.13 bits per heavy atom. The fourth-order valence-electron chi connectivity index (χ4n) is 5.68. The third kappa shape index (κ3) is 4.46. The van der Waals surface area contributed by atoms with Gasteiger partial charge in [0.2, 0.25) is 0 Å². The van der Waals surface area contributed by atoms with Crippen molar-refractivity contribution in [2.45, 2.75) is 44.6 Å². The van der Waals surface area contributed by atoms with Crippen LogP contribution >= 0.6 is 0 Å². The zero-order valence-corrected chi connectivity index (χ0v) is 22.0. The van der Waals surface area contributed by atoms with Gasteiger partial charge in [-0.15, -0.1) is 5.10 Å². The molecule has 3 aliphatic rings. The van der Waals surface area contributed by atoms with E-state index in [-0.39, 0.29) is 30.1 Å². The van der Waals surface area contributed by atoms with Crippen LogP contribution in [0.15, 0.2) is 55.0 Å². The summed E-state index contributed by atoms with van der Waals surface area (Å²) in [5.41, 5.74) is 2.14. The van der Waals surface area contributed by atoms with E-state index in [1.807, 2.05) is 57.2 Å². The SMILES string of the molecule is [C-]#[N+]C1(c2ccc(-c3ccc(N4C[C@H](Cn5ccnn5)OC4=O)cc3)cn2)[C@@H]2CN(C(=O)OC(C)(C)C)C[C@@H]21. The lowest BCUT2D eigenvalue weighted by Gasteiger charge is -2.26. The Kier molecular flexibility index (Phi) is 5.79. The summed E-state index contributed by atoms with van der Waals surface area (Å²) in [7, 11) is 0. The van der Waals surface area contributed by atoms with Gasteiger partial charge in [-0.1, -0.05) is 23.4 Å². The molecule has 0 N–H and O–H groups in total. The van der Waals surface area contributed by atoms with Gasteiger partial charge in [-0.2, -0.15) is 0 Å². The second kappa shape index (κ2) is 9.08. The minimum atomic E-state index is -0.681. The number of anilines is 1. The van der Waals surface area contributed by atoms with Crippen LogP contribution in [0.1, 0.15) is 26.5 Å². The van der Waals surface area contributed by atoms with Crippen molar-refractivity contribution in [2.24, 2.45) is 11.8 Å². The number of carbonyl (C=O) groups is 2. The van der Waals surface area contributed by atoms with Crippen LogP contribution in [0.3, 0.4) is 0 Å². The number of rotatable bonds is 5. The minimum Gasteiger partial charge on any atom is -0.444 e. The van der Waals surface area contributed by atoms with Gasteiger partial charge < -0.3 is 19.2 Å². The molecule has 1 saturated carbocycles. The molecule has 11 heteroatoms. The number of benzene rings is 1. The molecule has 0 radical (unpaired) electrons. The lowest BCUT2D eigenvalue weighted by molar-refractivity contribution is 0.0264. The molecule has 2 saturated heterocycles. The average Bonchev–Trinajstić information content (AvgIpc) is 3.41. The highest BCUT2D eigenvalue weighted by Gasteiger charge is 2.78. The smallest absolute Gasteiger partial charge is 0.414 e. The van der Waals surface area contributed by atoms with Crippen LogP contribution in [0.5, 0.6) is 0 Å². The summed E-state index contributed by atoms with van der Waals surface area (Å²) in [6.07, 6.45) is 4.10. The summed E-state index contributed by atoms with van der Waals surface area (Å²) in [5.74, 6) is 0.127. The van der Waals surface area contributed by atoms with E-state index in [4.69, 9.17) is 16.0 Å². The Balaban J connectivity index is 1.10. The number of hydrogen-bond donors (Lipinski definition) is 0. The largest absolute Gasteiger partial charge is 0.444 e.